The van der Waals surface area contributed by atoms with Gasteiger partial charge in [0.1, 0.15) is 10.4 Å². The van der Waals surface area contributed by atoms with Gasteiger partial charge in [-0.15, -0.1) is 11.3 Å². The van der Waals surface area contributed by atoms with Crippen LogP contribution in [-0.4, -0.2) is 14.5 Å². The molecule has 13 rings (SSSR count). The maximum Gasteiger partial charge on any atom is 0.162 e. The van der Waals surface area contributed by atoms with Crippen LogP contribution >= 0.6 is 11.3 Å². The Bertz CT molecular complexity index is 3860. The Morgan fingerprint density at radius 1 is 0.441 bits per heavy atom. The quantitative estimate of drug-likeness (QED) is 0.179. The molecule has 0 amide bonds. The van der Waals surface area contributed by atoms with Gasteiger partial charge in [0.25, 0.3) is 0 Å². The molecule has 274 valence electrons. The van der Waals surface area contributed by atoms with Crippen molar-refractivity contribution in [3.8, 4) is 39.5 Å². The van der Waals surface area contributed by atoms with Crippen LogP contribution in [0.4, 0.5) is 0 Å². The van der Waals surface area contributed by atoms with Crippen LogP contribution in [0.3, 0.4) is 0 Å². The highest BCUT2D eigenvalue weighted by atomic mass is 32.1. The van der Waals surface area contributed by atoms with Gasteiger partial charge in [0.05, 0.1) is 22.4 Å². The Balaban J connectivity index is 1.09. The SMILES string of the molecule is c1ccc(-c2cc3c(c4ccccc24)c2ccccc2n3-c2cccc3c2oc2cccc(-c4nc(-c5ccc6ccccc6c5)c5c(n4)sc4ccccc45)c23)cc1. The fourth-order valence-corrected chi connectivity index (χ4v) is 10.5. The molecule has 0 atom stereocenters. The molecule has 4 nitrogen and oxygen atoms in total. The Kier molecular flexibility index (Phi) is 6.85. The van der Waals surface area contributed by atoms with Gasteiger partial charge in [-0.25, -0.2) is 9.97 Å². The lowest BCUT2D eigenvalue weighted by Crippen LogP contribution is -1.95. The lowest BCUT2D eigenvalue weighted by Gasteiger charge is -2.12. The third-order valence-electron chi connectivity index (χ3n) is 12.0. The van der Waals surface area contributed by atoms with Crippen molar-refractivity contribution in [2.24, 2.45) is 0 Å². The standard InChI is InChI=1S/C54H31N3OS/c1-2-15-33(16-3-1)42-31-45-48(37-19-7-6-18-36(37)42)38-20-8-10-24-43(38)57(45)44-25-12-22-40-49-41(23-13-26-46(49)58-52(40)44)53-55-51(35-29-28-32-14-4-5-17-34(32)30-35)50-39-21-9-11-27-47(39)59-54(50)56-53/h1-31H. The highest BCUT2D eigenvalue weighted by molar-refractivity contribution is 7.25. The van der Waals surface area contributed by atoms with Crippen molar-refractivity contribution in [1.82, 2.24) is 14.5 Å². The number of nitrogens with zero attached hydrogens (tertiary/aromatic N) is 3. The first-order valence-electron chi connectivity index (χ1n) is 19.9. The summed E-state index contributed by atoms with van der Waals surface area (Å²) in [6.45, 7) is 0. The van der Waals surface area contributed by atoms with Gasteiger partial charge in [0, 0.05) is 48.1 Å². The third kappa shape index (κ3) is 4.77. The average molecular weight is 770 g/mol. The van der Waals surface area contributed by atoms with Crippen LogP contribution in [0.5, 0.6) is 0 Å². The van der Waals surface area contributed by atoms with E-state index in [1.54, 1.807) is 11.3 Å². The van der Waals surface area contributed by atoms with Gasteiger partial charge in [-0.1, -0.05) is 152 Å². The second-order valence-corrected chi connectivity index (χ2v) is 16.3. The Labute approximate surface area is 341 Å². The van der Waals surface area contributed by atoms with Gasteiger partial charge in [-0.2, -0.15) is 0 Å². The lowest BCUT2D eigenvalue weighted by molar-refractivity contribution is 0.666. The van der Waals surface area contributed by atoms with E-state index in [2.05, 4.69) is 193 Å². The molecule has 4 aromatic heterocycles. The van der Waals surface area contributed by atoms with Gasteiger partial charge >= 0.3 is 0 Å². The van der Waals surface area contributed by atoms with Crippen LogP contribution < -0.4 is 0 Å². The topological polar surface area (TPSA) is 43.9 Å². The number of thiophene rings is 1. The van der Waals surface area contributed by atoms with Crippen LogP contribution in [0, 0.1) is 0 Å². The minimum Gasteiger partial charge on any atom is -0.454 e. The largest absolute Gasteiger partial charge is 0.454 e. The molecule has 4 heterocycles. The van der Waals surface area contributed by atoms with E-state index >= 15 is 0 Å². The van der Waals surface area contributed by atoms with E-state index < -0.39 is 0 Å². The number of para-hydroxylation sites is 2. The molecule has 0 aliphatic rings. The summed E-state index contributed by atoms with van der Waals surface area (Å²) >= 11 is 1.72. The Hall–Kier alpha value is -7.60. The molecular formula is C54H31N3OS. The summed E-state index contributed by atoms with van der Waals surface area (Å²) < 4.78 is 10.6. The van der Waals surface area contributed by atoms with Crippen LogP contribution in [0.1, 0.15) is 0 Å². The van der Waals surface area contributed by atoms with Crippen LogP contribution in [0.2, 0.25) is 0 Å². The fraction of sp³-hybridized carbons (Fsp3) is 0. The summed E-state index contributed by atoms with van der Waals surface area (Å²) in [5.74, 6) is 0.682. The fourth-order valence-electron chi connectivity index (χ4n) is 9.43. The maximum atomic E-state index is 6.99. The molecule has 59 heavy (non-hydrogen) atoms. The second-order valence-electron chi connectivity index (χ2n) is 15.3. The van der Waals surface area contributed by atoms with Gasteiger partial charge < -0.3 is 8.98 Å². The van der Waals surface area contributed by atoms with Gasteiger partial charge in [0.15, 0.2) is 11.4 Å². The summed E-state index contributed by atoms with van der Waals surface area (Å²) in [5.41, 5.74) is 10.2. The maximum absolute atomic E-state index is 6.99. The van der Waals surface area contributed by atoms with Crippen LogP contribution in [-0.2, 0) is 0 Å². The average Bonchev–Trinajstić information content (AvgIpc) is 3.98. The van der Waals surface area contributed by atoms with Crippen molar-refractivity contribution in [3.05, 3.63) is 188 Å². The smallest absolute Gasteiger partial charge is 0.162 e. The van der Waals surface area contributed by atoms with Crippen LogP contribution in [0.15, 0.2) is 192 Å². The third-order valence-corrected chi connectivity index (χ3v) is 13.1. The van der Waals surface area contributed by atoms with Crippen molar-refractivity contribution in [3.63, 3.8) is 0 Å². The van der Waals surface area contributed by atoms with Crippen molar-refractivity contribution >= 4 is 96.9 Å². The predicted molar refractivity (Wildman–Crippen MR) is 248 cm³/mol. The van der Waals surface area contributed by atoms with E-state index in [-0.39, 0.29) is 0 Å². The molecule has 5 heteroatoms. The van der Waals surface area contributed by atoms with E-state index in [0.29, 0.717) is 5.82 Å². The molecule has 9 aromatic carbocycles. The first kappa shape index (κ1) is 32.5. The number of benzene rings is 9. The van der Waals surface area contributed by atoms with E-state index in [4.69, 9.17) is 14.4 Å². The zero-order chi connectivity index (χ0) is 38.6. The summed E-state index contributed by atoms with van der Waals surface area (Å²) in [5, 5.41) is 11.6. The van der Waals surface area contributed by atoms with Crippen LogP contribution in [0.25, 0.3) is 125 Å². The van der Waals surface area contributed by atoms with E-state index in [9.17, 15) is 0 Å². The zero-order valence-electron chi connectivity index (χ0n) is 31.6. The van der Waals surface area contributed by atoms with Crippen molar-refractivity contribution < 1.29 is 4.42 Å². The van der Waals surface area contributed by atoms with Crippen molar-refractivity contribution in [2.75, 3.05) is 0 Å². The molecule has 0 aliphatic carbocycles. The molecule has 0 unspecified atom stereocenters. The first-order valence-corrected chi connectivity index (χ1v) is 20.7. The van der Waals surface area contributed by atoms with Crippen molar-refractivity contribution in [1.29, 1.82) is 0 Å². The molecule has 0 aliphatic heterocycles. The van der Waals surface area contributed by atoms with E-state index in [0.717, 1.165) is 65.7 Å². The Morgan fingerprint density at radius 3 is 2.07 bits per heavy atom. The molecule has 0 saturated heterocycles. The highest BCUT2D eigenvalue weighted by Gasteiger charge is 2.24. The monoisotopic (exact) mass is 769 g/mol. The number of aromatic nitrogens is 3. The molecule has 0 fully saturated rings. The lowest BCUT2D eigenvalue weighted by atomic mass is 9.95. The second kappa shape index (κ2) is 12.4. The summed E-state index contributed by atoms with van der Waals surface area (Å²) in [4.78, 5) is 11.8. The zero-order valence-corrected chi connectivity index (χ0v) is 32.4. The number of rotatable bonds is 4. The first-order chi connectivity index (χ1) is 29.3. The minimum atomic E-state index is 0.682. The van der Waals surface area contributed by atoms with E-state index in [1.165, 1.54) is 53.5 Å². The number of hydrogen-bond donors (Lipinski definition) is 0. The van der Waals surface area contributed by atoms with Gasteiger partial charge in [-0.3, -0.25) is 0 Å². The predicted octanol–water partition coefficient (Wildman–Crippen LogP) is 15.1. The summed E-state index contributed by atoms with van der Waals surface area (Å²) in [7, 11) is 0. The summed E-state index contributed by atoms with van der Waals surface area (Å²) in [6.07, 6.45) is 0. The molecule has 0 radical (unpaired) electrons. The molecule has 0 spiro atoms. The number of fused-ring (bicyclic) bond motifs is 12. The van der Waals surface area contributed by atoms with Gasteiger partial charge in [0.2, 0.25) is 0 Å². The van der Waals surface area contributed by atoms with E-state index in [1.807, 2.05) is 0 Å². The normalized spacial score (nSPS) is 12.1. The number of hydrogen-bond acceptors (Lipinski definition) is 4. The molecule has 13 aromatic rings. The Morgan fingerprint density at radius 2 is 1.17 bits per heavy atom. The van der Waals surface area contributed by atoms with Gasteiger partial charge in [-0.05, 0) is 69.1 Å². The highest BCUT2D eigenvalue weighted by Crippen LogP contribution is 2.46. The molecular weight excluding hydrogens is 739 g/mol. The van der Waals surface area contributed by atoms with Crippen molar-refractivity contribution in [2.45, 2.75) is 0 Å². The molecule has 0 N–H and O–H groups in total. The molecule has 0 bridgehead atoms. The minimum absolute atomic E-state index is 0.682. The number of furan rings is 1. The summed E-state index contributed by atoms with van der Waals surface area (Å²) in [6, 6.07) is 67.1. The molecule has 0 saturated carbocycles.